The molecule has 2 saturated heterocycles. The monoisotopic (exact) mass is 530 g/mol. The van der Waals surface area contributed by atoms with Gasteiger partial charge in [-0.15, -0.1) is 0 Å². The van der Waals surface area contributed by atoms with Gasteiger partial charge >= 0.3 is 0 Å². The molecule has 202 valence electrons. The number of anilines is 3. The number of benzene rings is 2. The lowest BCUT2D eigenvalue weighted by atomic mass is 10.0. The van der Waals surface area contributed by atoms with Crippen LogP contribution in [0, 0.1) is 5.82 Å². The molecule has 2 aliphatic rings. The summed E-state index contributed by atoms with van der Waals surface area (Å²) in [5, 5.41) is 4.05. The highest BCUT2D eigenvalue weighted by Gasteiger charge is 2.15. The first-order valence-electron chi connectivity index (χ1n) is 13.3. The van der Waals surface area contributed by atoms with Gasteiger partial charge in [-0.1, -0.05) is 18.2 Å². The summed E-state index contributed by atoms with van der Waals surface area (Å²) in [4.78, 5) is 18.2. The first-order chi connectivity index (χ1) is 19.2. The second-order valence-corrected chi connectivity index (χ2v) is 9.51. The Bertz CT molecular complexity index is 1410. The lowest BCUT2D eigenvalue weighted by molar-refractivity contribution is 0.0322. The predicted molar refractivity (Wildman–Crippen MR) is 148 cm³/mol. The van der Waals surface area contributed by atoms with Crippen LogP contribution in [-0.2, 0) is 9.47 Å². The van der Waals surface area contributed by atoms with Crippen LogP contribution in [0.3, 0.4) is 0 Å². The van der Waals surface area contributed by atoms with E-state index in [0.29, 0.717) is 48.2 Å². The van der Waals surface area contributed by atoms with Crippen molar-refractivity contribution < 1.29 is 18.6 Å². The first-order valence-corrected chi connectivity index (χ1v) is 13.3. The van der Waals surface area contributed by atoms with E-state index in [1.807, 2.05) is 30.3 Å². The molecule has 6 rings (SSSR count). The van der Waals surface area contributed by atoms with Crippen LogP contribution < -0.4 is 15.0 Å². The summed E-state index contributed by atoms with van der Waals surface area (Å²) < 4.78 is 31.9. The smallest absolute Gasteiger partial charge is 0.227 e. The number of para-hydroxylation sites is 1. The summed E-state index contributed by atoms with van der Waals surface area (Å²) in [5.41, 5.74) is 2.58. The van der Waals surface area contributed by atoms with E-state index in [4.69, 9.17) is 19.2 Å². The Morgan fingerprint density at radius 2 is 1.69 bits per heavy atom. The van der Waals surface area contributed by atoms with Crippen molar-refractivity contribution in [2.75, 3.05) is 76.0 Å². The molecule has 1 N–H and O–H groups in total. The van der Waals surface area contributed by atoms with Crippen molar-refractivity contribution in [3.8, 4) is 16.9 Å². The van der Waals surface area contributed by atoms with Crippen LogP contribution in [0.1, 0.15) is 0 Å². The number of fused-ring (bicyclic) bond motifs is 1. The van der Waals surface area contributed by atoms with E-state index in [-0.39, 0.29) is 5.82 Å². The maximum atomic E-state index is 15.3. The molecule has 0 aliphatic carbocycles. The van der Waals surface area contributed by atoms with Gasteiger partial charge in [-0.3, -0.25) is 4.90 Å². The topological polar surface area (TPSA) is 84.9 Å². The number of ether oxygens (including phenoxy) is 3. The molecular weight excluding hydrogens is 499 g/mol. The number of nitrogens with one attached hydrogen (secondary N) is 1. The van der Waals surface area contributed by atoms with Crippen LogP contribution in [-0.4, -0.2) is 85.6 Å². The maximum absolute atomic E-state index is 15.3. The fraction of sp³-hybridized carbons (Fsp3) is 0.345. The van der Waals surface area contributed by atoms with Gasteiger partial charge in [-0.05, 0) is 24.3 Å². The molecule has 2 aromatic carbocycles. The van der Waals surface area contributed by atoms with Gasteiger partial charge in [-0.2, -0.15) is 0 Å². The molecule has 0 saturated carbocycles. The van der Waals surface area contributed by atoms with Crippen LogP contribution in [0.4, 0.5) is 21.8 Å². The van der Waals surface area contributed by atoms with Crippen molar-refractivity contribution >= 4 is 28.4 Å². The van der Waals surface area contributed by atoms with Gasteiger partial charge < -0.3 is 24.4 Å². The highest BCUT2D eigenvalue weighted by Crippen LogP contribution is 2.32. The number of halogens is 1. The molecular formula is C29H31FN6O3. The molecule has 9 nitrogen and oxygen atoms in total. The molecule has 2 fully saturated rings. The van der Waals surface area contributed by atoms with E-state index in [9.17, 15) is 0 Å². The van der Waals surface area contributed by atoms with Gasteiger partial charge in [0.25, 0.3) is 0 Å². The molecule has 0 atom stereocenters. The average Bonchev–Trinajstić information content (AvgIpc) is 2.98. The third-order valence-corrected chi connectivity index (χ3v) is 6.96. The number of morpholine rings is 2. The third-order valence-electron chi connectivity index (χ3n) is 6.96. The zero-order valence-electron chi connectivity index (χ0n) is 21.7. The van der Waals surface area contributed by atoms with E-state index < -0.39 is 0 Å². The van der Waals surface area contributed by atoms with Crippen molar-refractivity contribution in [2.24, 2.45) is 0 Å². The van der Waals surface area contributed by atoms with Crippen LogP contribution >= 0.6 is 0 Å². The molecule has 0 bridgehead atoms. The minimum Gasteiger partial charge on any atom is -0.492 e. The molecule has 2 aliphatic heterocycles. The maximum Gasteiger partial charge on any atom is 0.227 e. The Hall–Kier alpha value is -3.86. The number of aromatic nitrogens is 3. The van der Waals surface area contributed by atoms with Crippen LogP contribution in [0.5, 0.6) is 5.75 Å². The molecule has 0 amide bonds. The van der Waals surface area contributed by atoms with Gasteiger partial charge in [0, 0.05) is 61.5 Å². The number of pyridine rings is 1. The standard InChI is InChI=1S/C29H31FN6O3/c30-26-18-23(39-17-10-35-8-13-37-14-9-35)5-6-24(26)25-3-1-2-21-19-32-29(34-28(21)25)33-22-4-7-27(31-20-22)36-11-15-38-16-12-36/h1-7,18-20H,8-17H2,(H,32,33,34). The fourth-order valence-corrected chi connectivity index (χ4v) is 4.82. The zero-order chi connectivity index (χ0) is 26.4. The van der Waals surface area contributed by atoms with E-state index in [1.54, 1.807) is 24.5 Å². The largest absolute Gasteiger partial charge is 0.492 e. The molecule has 4 aromatic rings. The lowest BCUT2D eigenvalue weighted by Gasteiger charge is -2.27. The van der Waals surface area contributed by atoms with Crippen molar-refractivity contribution in [1.29, 1.82) is 0 Å². The summed E-state index contributed by atoms with van der Waals surface area (Å²) in [5.74, 6) is 1.48. The van der Waals surface area contributed by atoms with E-state index >= 15 is 4.39 Å². The van der Waals surface area contributed by atoms with Crippen molar-refractivity contribution in [3.63, 3.8) is 0 Å². The Balaban J connectivity index is 1.17. The second-order valence-electron chi connectivity index (χ2n) is 9.51. The Labute approximate surface area is 226 Å². The van der Waals surface area contributed by atoms with Crippen LogP contribution in [0.25, 0.3) is 22.0 Å². The quantitative estimate of drug-likeness (QED) is 0.362. The minimum absolute atomic E-state index is 0.359. The summed E-state index contributed by atoms with van der Waals surface area (Å²) in [6, 6.07) is 14.6. The summed E-state index contributed by atoms with van der Waals surface area (Å²) in [7, 11) is 0. The lowest BCUT2D eigenvalue weighted by Crippen LogP contribution is -2.38. The highest BCUT2D eigenvalue weighted by molar-refractivity contribution is 5.94. The Kier molecular flexibility index (Phi) is 7.75. The average molecular weight is 531 g/mol. The normalized spacial score (nSPS) is 16.4. The molecule has 39 heavy (non-hydrogen) atoms. The van der Waals surface area contributed by atoms with E-state index in [0.717, 1.165) is 62.8 Å². The Morgan fingerprint density at radius 3 is 2.46 bits per heavy atom. The van der Waals surface area contributed by atoms with Gasteiger partial charge in [-0.25, -0.2) is 19.3 Å². The van der Waals surface area contributed by atoms with Gasteiger partial charge in [0.2, 0.25) is 5.95 Å². The first kappa shape index (κ1) is 25.4. The minimum atomic E-state index is -0.359. The molecule has 2 aromatic heterocycles. The van der Waals surface area contributed by atoms with E-state index in [1.165, 1.54) is 6.07 Å². The number of hydrogen-bond acceptors (Lipinski definition) is 9. The second kappa shape index (κ2) is 11.9. The van der Waals surface area contributed by atoms with Gasteiger partial charge in [0.1, 0.15) is 24.0 Å². The zero-order valence-corrected chi connectivity index (χ0v) is 21.7. The molecule has 0 radical (unpaired) electrons. The number of rotatable bonds is 8. The van der Waals surface area contributed by atoms with Gasteiger partial charge in [0.15, 0.2) is 0 Å². The Morgan fingerprint density at radius 1 is 0.872 bits per heavy atom. The van der Waals surface area contributed by atoms with Crippen molar-refractivity contribution in [2.45, 2.75) is 0 Å². The number of hydrogen-bond donors (Lipinski definition) is 1. The molecule has 0 unspecified atom stereocenters. The highest BCUT2D eigenvalue weighted by atomic mass is 19.1. The number of nitrogens with zero attached hydrogens (tertiary/aromatic N) is 5. The molecule has 10 heteroatoms. The van der Waals surface area contributed by atoms with Crippen molar-refractivity contribution in [1.82, 2.24) is 19.9 Å². The van der Waals surface area contributed by atoms with Crippen LogP contribution in [0.15, 0.2) is 60.9 Å². The SMILES string of the molecule is Fc1cc(OCCN2CCOCC2)ccc1-c1cccc2cnc(Nc3ccc(N4CCOCC4)nc3)nc12. The predicted octanol–water partition coefficient (Wildman–Crippen LogP) is 4.12. The van der Waals surface area contributed by atoms with Crippen molar-refractivity contribution in [3.05, 3.63) is 66.7 Å². The summed E-state index contributed by atoms with van der Waals surface area (Å²) in [6.45, 7) is 7.63. The fourth-order valence-electron chi connectivity index (χ4n) is 4.82. The third kappa shape index (κ3) is 6.08. The summed E-state index contributed by atoms with van der Waals surface area (Å²) >= 11 is 0. The summed E-state index contributed by atoms with van der Waals surface area (Å²) in [6.07, 6.45) is 3.51. The van der Waals surface area contributed by atoms with E-state index in [2.05, 4.69) is 25.1 Å². The molecule has 4 heterocycles. The van der Waals surface area contributed by atoms with Gasteiger partial charge in [0.05, 0.1) is 43.8 Å². The van der Waals surface area contributed by atoms with Crippen LogP contribution in [0.2, 0.25) is 0 Å². The molecule has 0 spiro atoms.